The van der Waals surface area contributed by atoms with Crippen molar-refractivity contribution in [2.75, 3.05) is 9.80 Å². The number of anilines is 2. The van der Waals surface area contributed by atoms with Gasteiger partial charge in [0.1, 0.15) is 5.54 Å². The lowest BCUT2D eigenvalue weighted by Gasteiger charge is -2.22. The molecule has 36 heavy (non-hydrogen) atoms. The zero-order valence-corrected chi connectivity index (χ0v) is 19.8. The highest BCUT2D eigenvalue weighted by Crippen LogP contribution is 2.55. The topological polar surface area (TPSA) is 87.7 Å². The van der Waals surface area contributed by atoms with Crippen molar-refractivity contribution in [1.82, 2.24) is 4.98 Å². The van der Waals surface area contributed by atoms with Gasteiger partial charge in [-0.1, -0.05) is 37.3 Å². The van der Waals surface area contributed by atoms with Crippen molar-refractivity contribution in [3.05, 3.63) is 84.2 Å². The van der Waals surface area contributed by atoms with Crippen LogP contribution in [0.2, 0.25) is 0 Å². The monoisotopic (exact) mass is 515 g/mol. The van der Waals surface area contributed by atoms with Crippen LogP contribution in [-0.2, 0) is 21.1 Å². The SMILES string of the molecule is CC1CC12C(=O)N(c1ccc(S(=O)(=O)C(F)(F)F)cc1)C(=O)N2c1ccnc(Cc2ccccc2)c1. The maximum absolute atomic E-state index is 13.5. The Morgan fingerprint density at radius 2 is 1.64 bits per heavy atom. The molecule has 1 saturated heterocycles. The zero-order valence-electron chi connectivity index (χ0n) is 18.9. The van der Waals surface area contributed by atoms with Crippen molar-refractivity contribution < 1.29 is 31.2 Å². The molecule has 0 radical (unpaired) electrons. The first-order valence-electron chi connectivity index (χ1n) is 11.1. The quantitative estimate of drug-likeness (QED) is 0.459. The van der Waals surface area contributed by atoms with Gasteiger partial charge in [-0.05, 0) is 54.3 Å². The molecule has 1 saturated carbocycles. The Labute approximate surface area is 205 Å². The fraction of sp³-hybridized carbons (Fsp3) is 0.240. The Bertz CT molecular complexity index is 1460. The van der Waals surface area contributed by atoms with E-state index in [0.29, 0.717) is 24.2 Å². The number of nitrogens with zero attached hydrogens (tertiary/aromatic N) is 3. The van der Waals surface area contributed by atoms with Gasteiger partial charge in [0.2, 0.25) is 0 Å². The minimum absolute atomic E-state index is 0.00864. The lowest BCUT2D eigenvalue weighted by atomic mass is 10.1. The number of carbonyl (C=O) groups is 2. The van der Waals surface area contributed by atoms with Crippen LogP contribution in [0.3, 0.4) is 0 Å². The van der Waals surface area contributed by atoms with Gasteiger partial charge in [0.05, 0.1) is 16.3 Å². The molecule has 1 aliphatic heterocycles. The van der Waals surface area contributed by atoms with Crippen LogP contribution >= 0.6 is 0 Å². The molecular formula is C25H20F3N3O4S. The highest BCUT2D eigenvalue weighted by Gasteiger charge is 2.70. The summed E-state index contributed by atoms with van der Waals surface area (Å²) < 4.78 is 62.0. The molecule has 3 aromatic rings. The number of benzene rings is 2. The summed E-state index contributed by atoms with van der Waals surface area (Å²) in [5, 5.41) is 0. The van der Waals surface area contributed by atoms with Gasteiger partial charge < -0.3 is 0 Å². The molecule has 1 aromatic heterocycles. The third kappa shape index (κ3) is 3.65. The van der Waals surface area contributed by atoms with Gasteiger partial charge in [0.15, 0.2) is 0 Å². The minimum atomic E-state index is -5.55. The number of halogens is 3. The second-order valence-corrected chi connectivity index (χ2v) is 10.8. The molecule has 7 nitrogen and oxygen atoms in total. The predicted octanol–water partition coefficient (Wildman–Crippen LogP) is 4.72. The summed E-state index contributed by atoms with van der Waals surface area (Å²) in [6.45, 7) is 1.84. The Morgan fingerprint density at radius 1 is 1.00 bits per heavy atom. The van der Waals surface area contributed by atoms with E-state index >= 15 is 0 Å². The highest BCUT2D eigenvalue weighted by atomic mass is 32.2. The molecular weight excluding hydrogens is 495 g/mol. The Kier molecular flexibility index (Phi) is 5.43. The summed E-state index contributed by atoms with van der Waals surface area (Å²) >= 11 is 0. The minimum Gasteiger partial charge on any atom is -0.278 e. The molecule has 5 rings (SSSR count). The molecule has 2 aromatic carbocycles. The van der Waals surface area contributed by atoms with E-state index in [0.717, 1.165) is 34.7 Å². The summed E-state index contributed by atoms with van der Waals surface area (Å²) in [6.07, 6.45) is 2.50. The summed E-state index contributed by atoms with van der Waals surface area (Å²) in [6, 6.07) is 15.9. The van der Waals surface area contributed by atoms with E-state index in [2.05, 4.69) is 4.98 Å². The molecule has 1 aliphatic carbocycles. The number of amides is 3. The van der Waals surface area contributed by atoms with Crippen LogP contribution in [0.1, 0.15) is 24.6 Å². The van der Waals surface area contributed by atoms with Gasteiger partial charge in [-0.2, -0.15) is 13.2 Å². The van der Waals surface area contributed by atoms with E-state index < -0.39 is 37.7 Å². The first-order chi connectivity index (χ1) is 17.0. The van der Waals surface area contributed by atoms with E-state index in [1.807, 2.05) is 37.3 Å². The van der Waals surface area contributed by atoms with E-state index in [-0.39, 0.29) is 11.6 Å². The maximum Gasteiger partial charge on any atom is 0.501 e. The van der Waals surface area contributed by atoms with E-state index in [1.165, 1.54) is 4.90 Å². The Balaban J connectivity index is 1.49. The van der Waals surface area contributed by atoms with Crippen molar-refractivity contribution in [1.29, 1.82) is 0 Å². The normalized spacial score (nSPS) is 21.9. The Morgan fingerprint density at radius 3 is 2.22 bits per heavy atom. The van der Waals surface area contributed by atoms with Gasteiger partial charge in [0.25, 0.3) is 15.7 Å². The fourth-order valence-corrected chi connectivity index (χ4v) is 5.41. The molecule has 3 amide bonds. The number of aromatic nitrogens is 1. The van der Waals surface area contributed by atoms with E-state index in [9.17, 15) is 31.2 Å². The van der Waals surface area contributed by atoms with Crippen LogP contribution in [0.15, 0.2) is 77.8 Å². The number of carbonyl (C=O) groups excluding carboxylic acids is 2. The van der Waals surface area contributed by atoms with Gasteiger partial charge >= 0.3 is 11.5 Å². The number of alkyl halides is 3. The number of urea groups is 1. The molecule has 2 fully saturated rings. The van der Waals surface area contributed by atoms with Gasteiger partial charge in [0, 0.05) is 18.3 Å². The van der Waals surface area contributed by atoms with Crippen LogP contribution in [0.25, 0.3) is 0 Å². The zero-order chi connectivity index (χ0) is 25.9. The van der Waals surface area contributed by atoms with Crippen molar-refractivity contribution >= 4 is 33.2 Å². The number of rotatable bonds is 5. The smallest absolute Gasteiger partial charge is 0.278 e. The van der Waals surface area contributed by atoms with Crippen LogP contribution in [0.4, 0.5) is 29.3 Å². The van der Waals surface area contributed by atoms with Crippen molar-refractivity contribution in [3.63, 3.8) is 0 Å². The summed E-state index contributed by atoms with van der Waals surface area (Å²) in [5.41, 5.74) is -4.38. The molecule has 2 heterocycles. The first kappa shape index (κ1) is 24.0. The van der Waals surface area contributed by atoms with Crippen LogP contribution in [-0.4, -0.2) is 36.4 Å². The highest BCUT2D eigenvalue weighted by molar-refractivity contribution is 7.92. The molecule has 186 valence electrons. The van der Waals surface area contributed by atoms with Crippen molar-refractivity contribution in [2.45, 2.75) is 35.7 Å². The number of pyridine rings is 1. The Hall–Kier alpha value is -3.73. The third-order valence-corrected chi connectivity index (χ3v) is 8.13. The molecule has 2 atom stereocenters. The third-order valence-electron chi connectivity index (χ3n) is 6.62. The fourth-order valence-electron chi connectivity index (χ4n) is 4.65. The second kappa shape index (κ2) is 8.16. The van der Waals surface area contributed by atoms with Crippen LogP contribution in [0, 0.1) is 5.92 Å². The van der Waals surface area contributed by atoms with E-state index in [4.69, 9.17) is 0 Å². The van der Waals surface area contributed by atoms with Crippen molar-refractivity contribution in [3.8, 4) is 0 Å². The van der Waals surface area contributed by atoms with Gasteiger partial charge in [-0.15, -0.1) is 0 Å². The number of imide groups is 1. The number of hydrogen-bond donors (Lipinski definition) is 0. The predicted molar refractivity (Wildman–Crippen MR) is 125 cm³/mol. The lowest BCUT2D eigenvalue weighted by molar-refractivity contribution is -0.119. The van der Waals surface area contributed by atoms with Gasteiger partial charge in [-0.25, -0.2) is 18.1 Å². The van der Waals surface area contributed by atoms with Crippen LogP contribution < -0.4 is 9.80 Å². The molecule has 1 spiro atoms. The standard InChI is InChI=1S/C25H20F3N3O4S/c1-16-15-24(16)22(32)30(19-7-9-21(10-8-19)36(34,35)25(26,27)28)23(33)31(24)20-11-12-29-18(14-20)13-17-5-3-2-4-6-17/h2-12,14,16H,13,15H2,1H3. The second-order valence-electron chi connectivity index (χ2n) is 8.90. The van der Waals surface area contributed by atoms with E-state index in [1.54, 1.807) is 18.3 Å². The van der Waals surface area contributed by atoms with Crippen molar-refractivity contribution in [2.24, 2.45) is 5.92 Å². The summed E-state index contributed by atoms with van der Waals surface area (Å²) in [4.78, 5) is 32.7. The first-order valence-corrected chi connectivity index (χ1v) is 12.5. The number of sulfone groups is 1. The maximum atomic E-state index is 13.5. The van der Waals surface area contributed by atoms with Crippen LogP contribution in [0.5, 0.6) is 0 Å². The molecule has 2 unspecified atom stereocenters. The molecule has 0 bridgehead atoms. The molecule has 11 heteroatoms. The molecule has 0 N–H and O–H groups in total. The molecule has 2 aliphatic rings. The number of hydrogen-bond acceptors (Lipinski definition) is 5. The summed E-state index contributed by atoms with van der Waals surface area (Å²) in [7, 11) is -5.55. The largest absolute Gasteiger partial charge is 0.501 e. The average Bonchev–Trinajstić information content (AvgIpc) is 3.44. The van der Waals surface area contributed by atoms with Gasteiger partial charge in [-0.3, -0.25) is 14.7 Å². The average molecular weight is 516 g/mol. The lowest BCUT2D eigenvalue weighted by Crippen LogP contribution is -2.39. The summed E-state index contributed by atoms with van der Waals surface area (Å²) in [5.74, 6) is -0.651.